The predicted molar refractivity (Wildman–Crippen MR) is 146 cm³/mol. The van der Waals surface area contributed by atoms with Crippen LogP contribution in [0.25, 0.3) is 0 Å². The molecule has 0 radical (unpaired) electrons. The third-order valence-corrected chi connectivity index (χ3v) is 24.2. The van der Waals surface area contributed by atoms with E-state index in [9.17, 15) is 8.78 Å². The summed E-state index contributed by atoms with van der Waals surface area (Å²) in [7, 11) is 0. The molecule has 4 rings (SSSR count). The maximum absolute atomic E-state index is 15.8. The molecule has 192 valence electrons. The number of hydrogen-bond donors (Lipinski definition) is 0. The maximum atomic E-state index is 15.8. The zero-order valence-corrected chi connectivity index (χ0v) is 24.5. The van der Waals surface area contributed by atoms with Crippen LogP contribution in [0.2, 0.25) is 8.87 Å². The van der Waals surface area contributed by atoms with Gasteiger partial charge in [0.15, 0.2) is 0 Å². The number of halogens is 4. The summed E-state index contributed by atoms with van der Waals surface area (Å²) >= 11 is -4.50. The Hall–Kier alpha value is -2.60. The van der Waals surface area contributed by atoms with Gasteiger partial charge in [-0.1, -0.05) is 0 Å². The van der Waals surface area contributed by atoms with Gasteiger partial charge in [0.05, 0.1) is 0 Å². The van der Waals surface area contributed by atoms with Crippen LogP contribution in [-0.2, 0) is 10.8 Å². The Kier molecular flexibility index (Phi) is 7.89. The van der Waals surface area contributed by atoms with Crippen LogP contribution in [0.3, 0.4) is 0 Å². The first-order valence-corrected chi connectivity index (χ1v) is 19.4. The molecule has 0 fully saturated rings. The van der Waals surface area contributed by atoms with Gasteiger partial charge in [-0.05, 0) is 0 Å². The predicted octanol–water partition coefficient (Wildman–Crippen LogP) is 7.76. The van der Waals surface area contributed by atoms with Crippen molar-refractivity contribution in [3.63, 3.8) is 0 Å². The summed E-state index contributed by atoms with van der Waals surface area (Å²) in [5.74, 6) is -2.67. The van der Waals surface area contributed by atoms with Gasteiger partial charge in [0.25, 0.3) is 0 Å². The molecule has 0 saturated heterocycles. The Morgan fingerprint density at radius 3 is 1.19 bits per heavy atom. The first-order valence-electron chi connectivity index (χ1n) is 12.5. The van der Waals surface area contributed by atoms with Gasteiger partial charge in [0.1, 0.15) is 0 Å². The van der Waals surface area contributed by atoms with Crippen LogP contribution in [0.15, 0.2) is 97.1 Å². The van der Waals surface area contributed by atoms with Crippen LogP contribution >= 0.6 is 0 Å². The van der Waals surface area contributed by atoms with E-state index in [-0.39, 0.29) is 0 Å². The molecule has 4 aromatic rings. The van der Waals surface area contributed by atoms with Gasteiger partial charge in [0, 0.05) is 0 Å². The molecule has 0 bridgehead atoms. The SMILES string of the molecule is CC(C)([CH2][Sn]([CH2]C(C)(C)c1ccccc1)([c]1ccc(F)cc1F)[c]1ccc(F)cc1F)c1ccccc1. The molecule has 0 atom stereocenters. The van der Waals surface area contributed by atoms with E-state index >= 15 is 8.78 Å². The average molecular weight is 611 g/mol. The number of benzene rings is 4. The average Bonchev–Trinajstić information content (AvgIpc) is 2.84. The normalized spacial score (nSPS) is 12.5. The Bertz CT molecular complexity index is 1260. The van der Waals surface area contributed by atoms with E-state index in [2.05, 4.69) is 27.7 Å². The summed E-state index contributed by atoms with van der Waals surface area (Å²) in [6.45, 7) is 8.36. The molecule has 0 N–H and O–H groups in total. The van der Waals surface area contributed by atoms with E-state index in [4.69, 9.17) is 0 Å². The summed E-state index contributed by atoms with van der Waals surface area (Å²) in [5, 5.41) is 0. The Balaban J connectivity index is 2.03. The van der Waals surface area contributed by atoms with Crippen molar-refractivity contribution in [1.29, 1.82) is 0 Å². The quantitative estimate of drug-likeness (QED) is 0.141. The third kappa shape index (κ3) is 5.79. The Labute approximate surface area is 221 Å². The number of hydrogen-bond acceptors (Lipinski definition) is 0. The zero-order chi connectivity index (χ0) is 26.8. The van der Waals surface area contributed by atoms with Crippen molar-refractivity contribution in [1.82, 2.24) is 0 Å². The first-order chi connectivity index (χ1) is 17.4. The summed E-state index contributed by atoms with van der Waals surface area (Å²) in [5.41, 5.74) is 1.20. The molecule has 0 heterocycles. The molecule has 0 spiro atoms. The monoisotopic (exact) mass is 612 g/mol. The molecule has 4 aromatic carbocycles. The molecule has 0 unspecified atom stereocenters. The first kappa shape index (κ1) is 27.4. The van der Waals surface area contributed by atoms with Gasteiger partial charge in [-0.25, -0.2) is 0 Å². The van der Waals surface area contributed by atoms with Crippen molar-refractivity contribution in [3.05, 3.63) is 131 Å². The van der Waals surface area contributed by atoms with Gasteiger partial charge >= 0.3 is 222 Å². The summed E-state index contributed by atoms with van der Waals surface area (Å²) in [6, 6.07) is 27.1. The Morgan fingerprint density at radius 2 is 0.865 bits per heavy atom. The minimum atomic E-state index is -4.50. The molecule has 0 aliphatic rings. The second kappa shape index (κ2) is 10.6. The fourth-order valence-electron chi connectivity index (χ4n) is 5.84. The second-order valence-corrected chi connectivity index (χ2v) is 22.5. The van der Waals surface area contributed by atoms with Gasteiger partial charge < -0.3 is 0 Å². The van der Waals surface area contributed by atoms with E-state index in [1.807, 2.05) is 60.7 Å². The van der Waals surface area contributed by atoms with Crippen molar-refractivity contribution in [2.45, 2.75) is 47.4 Å². The molecule has 0 saturated carbocycles. The fraction of sp³-hybridized carbons (Fsp3) is 0.250. The summed E-state index contributed by atoms with van der Waals surface area (Å²) in [4.78, 5) is 0. The second-order valence-electron chi connectivity index (χ2n) is 11.2. The molecule has 0 aliphatic carbocycles. The summed E-state index contributed by atoms with van der Waals surface area (Å²) in [6.07, 6.45) is 0. The molecular weight excluding hydrogens is 579 g/mol. The van der Waals surface area contributed by atoms with Crippen LogP contribution in [-0.4, -0.2) is 18.4 Å². The van der Waals surface area contributed by atoms with E-state index in [0.29, 0.717) is 16.0 Å². The molecule has 0 aromatic heterocycles. The van der Waals surface area contributed by atoms with Gasteiger partial charge in [-0.15, -0.1) is 0 Å². The summed E-state index contributed by atoms with van der Waals surface area (Å²) < 4.78 is 61.7. The van der Waals surface area contributed by atoms with Crippen LogP contribution < -0.4 is 7.16 Å². The molecule has 0 aliphatic heterocycles. The van der Waals surface area contributed by atoms with E-state index < -0.39 is 52.5 Å². The van der Waals surface area contributed by atoms with Gasteiger partial charge in [0.2, 0.25) is 0 Å². The fourth-order valence-corrected chi connectivity index (χ4v) is 24.3. The van der Waals surface area contributed by atoms with Crippen molar-refractivity contribution in [2.75, 3.05) is 0 Å². The van der Waals surface area contributed by atoms with Crippen molar-refractivity contribution in [3.8, 4) is 0 Å². The van der Waals surface area contributed by atoms with Crippen molar-refractivity contribution < 1.29 is 17.6 Å². The van der Waals surface area contributed by atoms with Crippen LogP contribution in [0, 0.1) is 23.3 Å². The van der Waals surface area contributed by atoms with Crippen LogP contribution in [0.5, 0.6) is 0 Å². The van der Waals surface area contributed by atoms with E-state index in [1.54, 1.807) is 0 Å². The van der Waals surface area contributed by atoms with Crippen LogP contribution in [0.1, 0.15) is 38.8 Å². The number of rotatable bonds is 8. The van der Waals surface area contributed by atoms with Gasteiger partial charge in [-0.3, -0.25) is 0 Å². The molecular formula is C32H32F4Sn. The molecule has 5 heteroatoms. The topological polar surface area (TPSA) is 0 Å². The molecule has 0 nitrogen and oxygen atoms in total. The third-order valence-electron chi connectivity index (χ3n) is 7.49. The standard InChI is InChI=1S/2C10H13.2C6H3F2.Sn/c2*1-10(2,3)9-7-5-4-6-8-9;2*7-5-2-1-3-6(8)4-5;/h2*4-8H,1H2,2-3H3;2*1-2,4H;. The van der Waals surface area contributed by atoms with Crippen molar-refractivity contribution >= 4 is 25.5 Å². The molecule has 37 heavy (non-hydrogen) atoms. The van der Waals surface area contributed by atoms with E-state index in [1.165, 1.54) is 24.3 Å². The van der Waals surface area contributed by atoms with E-state index in [0.717, 1.165) is 23.3 Å². The van der Waals surface area contributed by atoms with Crippen LogP contribution in [0.4, 0.5) is 17.6 Å². The van der Waals surface area contributed by atoms with Crippen molar-refractivity contribution in [2.24, 2.45) is 0 Å². The van der Waals surface area contributed by atoms with Gasteiger partial charge in [-0.2, -0.15) is 0 Å². The molecule has 0 amide bonds. The zero-order valence-electron chi connectivity index (χ0n) is 21.7. The Morgan fingerprint density at radius 1 is 0.514 bits per heavy atom. The minimum absolute atomic E-state index is 0.397.